The summed E-state index contributed by atoms with van der Waals surface area (Å²) in [5.74, 6) is 0.693. The van der Waals surface area contributed by atoms with E-state index in [2.05, 4.69) is 5.32 Å². The van der Waals surface area contributed by atoms with Gasteiger partial charge in [0.2, 0.25) is 0 Å². The van der Waals surface area contributed by atoms with Gasteiger partial charge in [-0.2, -0.15) is 0 Å². The van der Waals surface area contributed by atoms with Crippen LogP contribution in [0.25, 0.3) is 0 Å². The standard InChI is InChI=1S/C17H17Cl2NO2/c1-22-17-8-11-4-5-20-15(12(11)9-16(17)21)7-10-2-3-13(18)14(19)6-10/h2-3,6,8-9,15,20-21H,4-5,7H2,1H3/t15-/m1/s1. The summed E-state index contributed by atoms with van der Waals surface area (Å²) in [5, 5.41) is 14.7. The van der Waals surface area contributed by atoms with Crippen molar-refractivity contribution < 1.29 is 9.84 Å². The summed E-state index contributed by atoms with van der Waals surface area (Å²) < 4.78 is 5.19. The summed E-state index contributed by atoms with van der Waals surface area (Å²) in [7, 11) is 1.57. The Bertz CT molecular complexity index is 703. The summed E-state index contributed by atoms with van der Waals surface area (Å²) in [6.07, 6.45) is 1.71. The van der Waals surface area contributed by atoms with E-state index in [1.165, 1.54) is 5.56 Å². The summed E-state index contributed by atoms with van der Waals surface area (Å²) in [4.78, 5) is 0. The molecule has 0 aromatic heterocycles. The van der Waals surface area contributed by atoms with Crippen LogP contribution in [-0.4, -0.2) is 18.8 Å². The first kappa shape index (κ1) is 15.5. The van der Waals surface area contributed by atoms with Gasteiger partial charge in [-0.25, -0.2) is 0 Å². The van der Waals surface area contributed by atoms with Crippen molar-refractivity contribution in [2.45, 2.75) is 18.9 Å². The third-order valence-electron chi connectivity index (χ3n) is 4.03. The van der Waals surface area contributed by atoms with E-state index in [9.17, 15) is 5.11 Å². The van der Waals surface area contributed by atoms with Gasteiger partial charge in [0.25, 0.3) is 0 Å². The normalized spacial score (nSPS) is 17.1. The molecule has 0 bridgehead atoms. The predicted octanol–water partition coefficient (Wildman–Crippen LogP) is 4.14. The molecule has 1 heterocycles. The van der Waals surface area contributed by atoms with Gasteiger partial charge in [-0.1, -0.05) is 29.3 Å². The summed E-state index contributed by atoms with van der Waals surface area (Å²) in [5.41, 5.74) is 3.42. The molecule has 5 heteroatoms. The number of nitrogens with one attached hydrogen (secondary N) is 1. The first-order valence-electron chi connectivity index (χ1n) is 7.15. The molecule has 1 atom stereocenters. The highest BCUT2D eigenvalue weighted by Gasteiger charge is 2.22. The number of hydrogen-bond donors (Lipinski definition) is 2. The maximum absolute atomic E-state index is 10.0. The van der Waals surface area contributed by atoms with Gasteiger partial charge in [0.15, 0.2) is 11.5 Å². The smallest absolute Gasteiger partial charge is 0.160 e. The minimum Gasteiger partial charge on any atom is -0.504 e. The topological polar surface area (TPSA) is 41.5 Å². The molecule has 0 saturated heterocycles. The second kappa shape index (κ2) is 6.37. The molecule has 0 amide bonds. The van der Waals surface area contributed by atoms with E-state index in [1.54, 1.807) is 13.2 Å². The van der Waals surface area contributed by atoms with Crippen molar-refractivity contribution in [3.63, 3.8) is 0 Å². The molecule has 2 N–H and O–H groups in total. The molecule has 2 aromatic carbocycles. The number of hydrogen-bond acceptors (Lipinski definition) is 3. The molecule has 116 valence electrons. The summed E-state index contributed by atoms with van der Waals surface area (Å²) >= 11 is 12.1. The van der Waals surface area contributed by atoms with Crippen molar-refractivity contribution >= 4 is 23.2 Å². The van der Waals surface area contributed by atoms with E-state index in [4.69, 9.17) is 27.9 Å². The van der Waals surface area contributed by atoms with Gasteiger partial charge in [0, 0.05) is 6.04 Å². The molecule has 0 spiro atoms. The van der Waals surface area contributed by atoms with Gasteiger partial charge in [-0.3, -0.25) is 0 Å². The molecule has 1 aliphatic heterocycles. The SMILES string of the molecule is COc1cc2c(cc1O)[C@@H](Cc1ccc(Cl)c(Cl)c1)NCC2. The zero-order valence-electron chi connectivity index (χ0n) is 12.2. The third-order valence-corrected chi connectivity index (χ3v) is 4.76. The van der Waals surface area contributed by atoms with E-state index < -0.39 is 0 Å². The largest absolute Gasteiger partial charge is 0.504 e. The maximum atomic E-state index is 10.0. The number of phenolic OH excluding ortho intramolecular Hbond substituents is 1. The summed E-state index contributed by atoms with van der Waals surface area (Å²) in [6, 6.07) is 9.54. The lowest BCUT2D eigenvalue weighted by atomic mass is 9.90. The van der Waals surface area contributed by atoms with Crippen LogP contribution in [0.1, 0.15) is 22.7 Å². The van der Waals surface area contributed by atoms with Crippen molar-refractivity contribution in [2.75, 3.05) is 13.7 Å². The van der Waals surface area contributed by atoms with E-state index >= 15 is 0 Å². The fraction of sp³-hybridized carbons (Fsp3) is 0.294. The van der Waals surface area contributed by atoms with Crippen LogP contribution < -0.4 is 10.1 Å². The minimum absolute atomic E-state index is 0.137. The third kappa shape index (κ3) is 3.02. The van der Waals surface area contributed by atoms with Crippen LogP contribution in [0.4, 0.5) is 0 Å². The van der Waals surface area contributed by atoms with Crippen LogP contribution in [-0.2, 0) is 12.8 Å². The van der Waals surface area contributed by atoms with Crippen LogP contribution in [0.5, 0.6) is 11.5 Å². The fourth-order valence-corrected chi connectivity index (χ4v) is 3.23. The number of fused-ring (bicyclic) bond motifs is 1. The number of aromatic hydroxyl groups is 1. The number of benzene rings is 2. The van der Waals surface area contributed by atoms with Gasteiger partial charge < -0.3 is 15.2 Å². The van der Waals surface area contributed by atoms with Crippen molar-refractivity contribution in [2.24, 2.45) is 0 Å². The Balaban J connectivity index is 1.91. The number of halogens is 2. The fourth-order valence-electron chi connectivity index (χ4n) is 2.91. The van der Waals surface area contributed by atoms with Crippen molar-refractivity contribution in [3.05, 3.63) is 57.1 Å². The Morgan fingerprint density at radius 1 is 1.23 bits per heavy atom. The first-order valence-corrected chi connectivity index (χ1v) is 7.91. The Labute approximate surface area is 139 Å². The predicted molar refractivity (Wildman–Crippen MR) is 89.3 cm³/mol. The van der Waals surface area contributed by atoms with E-state index in [-0.39, 0.29) is 11.8 Å². The van der Waals surface area contributed by atoms with E-state index in [0.29, 0.717) is 15.8 Å². The van der Waals surface area contributed by atoms with Crippen LogP contribution >= 0.6 is 23.2 Å². The molecule has 1 aliphatic rings. The average Bonchev–Trinajstić information content (AvgIpc) is 2.51. The lowest BCUT2D eigenvalue weighted by Crippen LogP contribution is -2.31. The average molecular weight is 338 g/mol. The first-order chi connectivity index (χ1) is 10.6. The van der Waals surface area contributed by atoms with Gasteiger partial charge >= 0.3 is 0 Å². The Kier molecular flexibility index (Phi) is 4.48. The van der Waals surface area contributed by atoms with Gasteiger partial charge in [-0.15, -0.1) is 0 Å². The van der Waals surface area contributed by atoms with E-state index in [0.717, 1.165) is 30.5 Å². The quantitative estimate of drug-likeness (QED) is 0.884. The highest BCUT2D eigenvalue weighted by Crippen LogP contribution is 2.36. The molecule has 0 radical (unpaired) electrons. The van der Waals surface area contributed by atoms with Gasteiger partial charge in [0.05, 0.1) is 17.2 Å². The van der Waals surface area contributed by atoms with Crippen LogP contribution in [0.15, 0.2) is 30.3 Å². The van der Waals surface area contributed by atoms with Crippen molar-refractivity contribution in [1.82, 2.24) is 5.32 Å². The molecule has 0 fully saturated rings. The lowest BCUT2D eigenvalue weighted by molar-refractivity contribution is 0.370. The highest BCUT2D eigenvalue weighted by atomic mass is 35.5. The second-order valence-electron chi connectivity index (χ2n) is 5.43. The van der Waals surface area contributed by atoms with Crippen LogP contribution in [0.3, 0.4) is 0 Å². The second-order valence-corrected chi connectivity index (χ2v) is 6.25. The monoisotopic (exact) mass is 337 g/mol. The molecular formula is C17H17Cl2NO2. The van der Waals surface area contributed by atoms with Gasteiger partial charge in [-0.05, 0) is 60.3 Å². The zero-order valence-corrected chi connectivity index (χ0v) is 13.7. The number of phenols is 1. The highest BCUT2D eigenvalue weighted by molar-refractivity contribution is 6.42. The molecule has 3 rings (SSSR count). The Morgan fingerprint density at radius 2 is 2.05 bits per heavy atom. The Hall–Kier alpha value is -1.42. The molecule has 0 unspecified atom stereocenters. The number of ether oxygens (including phenoxy) is 1. The molecule has 0 aliphatic carbocycles. The molecule has 22 heavy (non-hydrogen) atoms. The number of rotatable bonds is 3. The van der Waals surface area contributed by atoms with Crippen molar-refractivity contribution in [3.8, 4) is 11.5 Å². The Morgan fingerprint density at radius 3 is 2.77 bits per heavy atom. The molecule has 3 nitrogen and oxygen atoms in total. The van der Waals surface area contributed by atoms with E-state index in [1.807, 2.05) is 24.3 Å². The van der Waals surface area contributed by atoms with Crippen molar-refractivity contribution in [1.29, 1.82) is 0 Å². The lowest BCUT2D eigenvalue weighted by Gasteiger charge is -2.28. The summed E-state index contributed by atoms with van der Waals surface area (Å²) in [6.45, 7) is 0.896. The van der Waals surface area contributed by atoms with Gasteiger partial charge in [0.1, 0.15) is 0 Å². The molecular weight excluding hydrogens is 321 g/mol. The molecule has 2 aromatic rings. The minimum atomic E-state index is 0.137. The maximum Gasteiger partial charge on any atom is 0.160 e. The van der Waals surface area contributed by atoms with Crippen LogP contribution in [0, 0.1) is 0 Å². The number of methoxy groups -OCH3 is 1. The zero-order chi connectivity index (χ0) is 15.7. The molecule has 0 saturated carbocycles. The van der Waals surface area contributed by atoms with Crippen LogP contribution in [0.2, 0.25) is 10.0 Å².